The first-order chi connectivity index (χ1) is 13.0. The maximum absolute atomic E-state index is 13.0. The summed E-state index contributed by atoms with van der Waals surface area (Å²) in [6.07, 6.45) is 3.91. The normalized spacial score (nSPS) is 20.1. The maximum atomic E-state index is 13.0. The van der Waals surface area contributed by atoms with E-state index in [0.29, 0.717) is 12.1 Å². The molecule has 0 saturated carbocycles. The summed E-state index contributed by atoms with van der Waals surface area (Å²) in [5.74, 6) is -0.392. The molecule has 1 aliphatic heterocycles. The van der Waals surface area contributed by atoms with Gasteiger partial charge in [0.25, 0.3) is 5.91 Å². The van der Waals surface area contributed by atoms with Crippen LogP contribution in [0.15, 0.2) is 77.9 Å². The van der Waals surface area contributed by atoms with Gasteiger partial charge >= 0.3 is 5.91 Å². The summed E-state index contributed by atoms with van der Waals surface area (Å²) >= 11 is 0. The molecular formula is C22H24N3O2+. The van der Waals surface area contributed by atoms with Crippen LogP contribution in [0.4, 0.5) is 0 Å². The summed E-state index contributed by atoms with van der Waals surface area (Å²) < 4.78 is -0.269. The van der Waals surface area contributed by atoms with Gasteiger partial charge in [-0.25, -0.2) is 4.79 Å². The fourth-order valence-corrected chi connectivity index (χ4v) is 3.31. The van der Waals surface area contributed by atoms with Crippen molar-refractivity contribution < 1.29 is 14.2 Å². The zero-order chi connectivity index (χ0) is 19.3. The lowest BCUT2D eigenvalue weighted by Gasteiger charge is -2.35. The Morgan fingerprint density at radius 1 is 1.04 bits per heavy atom. The fraction of sp³-hybridized carbons (Fsp3) is 0.227. The van der Waals surface area contributed by atoms with Gasteiger partial charge < -0.3 is 5.32 Å². The third kappa shape index (κ3) is 4.04. The van der Waals surface area contributed by atoms with Crippen molar-refractivity contribution in [3.8, 4) is 0 Å². The van der Waals surface area contributed by atoms with Crippen molar-refractivity contribution in [2.75, 3.05) is 13.6 Å². The van der Waals surface area contributed by atoms with Gasteiger partial charge in [0, 0.05) is 25.1 Å². The second-order valence-electron chi connectivity index (χ2n) is 6.72. The molecule has 0 saturated heterocycles. The average Bonchev–Trinajstić information content (AvgIpc) is 2.71. The highest BCUT2D eigenvalue weighted by Crippen LogP contribution is 2.25. The van der Waals surface area contributed by atoms with Gasteiger partial charge in [-0.3, -0.25) is 4.79 Å². The van der Waals surface area contributed by atoms with Gasteiger partial charge in [0.05, 0.1) is 0 Å². The van der Waals surface area contributed by atoms with E-state index in [9.17, 15) is 9.59 Å². The number of benzene rings is 2. The molecule has 27 heavy (non-hydrogen) atoms. The zero-order valence-electron chi connectivity index (χ0n) is 15.6. The molecule has 0 aromatic heterocycles. The van der Waals surface area contributed by atoms with E-state index in [1.807, 2.05) is 67.6 Å². The highest BCUT2D eigenvalue weighted by atomic mass is 16.2. The van der Waals surface area contributed by atoms with Crippen LogP contribution in [0.2, 0.25) is 0 Å². The molecule has 0 bridgehead atoms. The van der Waals surface area contributed by atoms with E-state index in [0.717, 1.165) is 11.1 Å². The highest BCUT2D eigenvalue weighted by Gasteiger charge is 2.45. The molecule has 0 radical (unpaired) electrons. The molecule has 2 aromatic carbocycles. The van der Waals surface area contributed by atoms with E-state index in [1.165, 1.54) is 0 Å². The summed E-state index contributed by atoms with van der Waals surface area (Å²) in [7, 11) is 1.58. The molecule has 0 spiro atoms. The van der Waals surface area contributed by atoms with Crippen LogP contribution >= 0.6 is 0 Å². The Hall–Kier alpha value is -3.05. The molecule has 3 rings (SSSR count). The van der Waals surface area contributed by atoms with Crippen LogP contribution in [0.1, 0.15) is 18.1 Å². The van der Waals surface area contributed by atoms with E-state index in [4.69, 9.17) is 5.10 Å². The van der Waals surface area contributed by atoms with Crippen molar-refractivity contribution in [1.29, 1.82) is 0 Å². The molecule has 2 unspecified atom stereocenters. The number of hydrogen-bond donors (Lipinski definition) is 1. The molecule has 0 aliphatic carbocycles. The van der Waals surface area contributed by atoms with Gasteiger partial charge in [0.1, 0.15) is 11.8 Å². The van der Waals surface area contributed by atoms with Crippen molar-refractivity contribution in [2.24, 2.45) is 5.10 Å². The predicted octanol–water partition coefficient (Wildman–Crippen LogP) is 2.68. The molecule has 5 nitrogen and oxygen atoms in total. The Balaban J connectivity index is 2.02. The Kier molecular flexibility index (Phi) is 5.62. The number of nitrogens with one attached hydrogen (secondary N) is 1. The zero-order valence-corrected chi connectivity index (χ0v) is 15.6. The van der Waals surface area contributed by atoms with Crippen LogP contribution in [0.25, 0.3) is 0 Å². The van der Waals surface area contributed by atoms with Crippen LogP contribution in [-0.2, 0) is 16.0 Å². The third-order valence-electron chi connectivity index (χ3n) is 4.89. The number of carbonyl (C=O) groups is 2. The lowest BCUT2D eigenvalue weighted by atomic mass is 10.0. The van der Waals surface area contributed by atoms with Crippen LogP contribution in [0, 0.1) is 0 Å². The standard InChI is InChI=1S/C22H23N3O2/c1-17(15-18-9-5-3-6-10-18)25(16-21(26)23-2)22(27)14-13-20(24-25)19-11-7-4-8-12-19/h3-14,17H,15-16H2,1-2H3/p+1. The minimum atomic E-state index is -0.269. The Labute approximate surface area is 159 Å². The first kappa shape index (κ1) is 18.7. The molecule has 1 N–H and O–H groups in total. The Morgan fingerprint density at radius 3 is 2.30 bits per heavy atom. The van der Waals surface area contributed by atoms with Crippen molar-refractivity contribution in [1.82, 2.24) is 5.32 Å². The summed E-state index contributed by atoms with van der Waals surface area (Å²) in [6, 6.07) is 19.5. The SMILES string of the molecule is CNC(=O)C[N+]1(C(C)Cc2ccccc2)N=C(c2ccccc2)C=CC1=O. The number of nitrogens with zero attached hydrogens (tertiary/aromatic N) is 2. The van der Waals surface area contributed by atoms with Crippen molar-refractivity contribution in [3.05, 3.63) is 83.9 Å². The van der Waals surface area contributed by atoms with E-state index in [1.54, 1.807) is 19.2 Å². The minimum absolute atomic E-state index is 0.0238. The van der Waals surface area contributed by atoms with Crippen LogP contribution in [-0.4, -0.2) is 41.8 Å². The topological polar surface area (TPSA) is 58.5 Å². The number of allylic oxidation sites excluding steroid dienone is 1. The van der Waals surface area contributed by atoms with Crippen LogP contribution in [0.3, 0.4) is 0 Å². The Bertz CT molecular complexity index is 875. The van der Waals surface area contributed by atoms with Crippen molar-refractivity contribution >= 4 is 17.5 Å². The Morgan fingerprint density at radius 2 is 1.67 bits per heavy atom. The molecular weight excluding hydrogens is 338 g/mol. The summed E-state index contributed by atoms with van der Waals surface area (Å²) in [5.41, 5.74) is 2.74. The lowest BCUT2D eigenvalue weighted by Crippen LogP contribution is -2.59. The number of likely N-dealkylation sites (N-methyl/N-ethyl adjacent to an activating group) is 1. The number of quaternary nitrogens is 1. The second kappa shape index (κ2) is 8.10. The van der Waals surface area contributed by atoms with Gasteiger partial charge in [-0.1, -0.05) is 65.8 Å². The monoisotopic (exact) mass is 362 g/mol. The number of amides is 2. The van der Waals surface area contributed by atoms with E-state index in [-0.39, 0.29) is 29.0 Å². The average molecular weight is 362 g/mol. The maximum Gasteiger partial charge on any atom is 0.365 e. The lowest BCUT2D eigenvalue weighted by molar-refractivity contribution is -0.874. The predicted molar refractivity (Wildman–Crippen MR) is 106 cm³/mol. The van der Waals surface area contributed by atoms with Crippen molar-refractivity contribution in [2.45, 2.75) is 19.4 Å². The molecule has 1 heterocycles. The van der Waals surface area contributed by atoms with Gasteiger partial charge in [0.15, 0.2) is 6.54 Å². The molecule has 2 amide bonds. The smallest absolute Gasteiger partial charge is 0.354 e. The minimum Gasteiger partial charge on any atom is -0.354 e. The molecule has 1 aliphatic rings. The molecule has 2 aromatic rings. The van der Waals surface area contributed by atoms with Gasteiger partial charge in [-0.2, -0.15) is 0 Å². The summed E-state index contributed by atoms with van der Waals surface area (Å²) in [6.45, 7) is 1.95. The van der Waals surface area contributed by atoms with Crippen molar-refractivity contribution in [3.63, 3.8) is 0 Å². The van der Waals surface area contributed by atoms with Crippen LogP contribution in [0.5, 0.6) is 0 Å². The fourth-order valence-electron chi connectivity index (χ4n) is 3.31. The van der Waals surface area contributed by atoms with E-state index >= 15 is 0 Å². The van der Waals surface area contributed by atoms with Crippen LogP contribution < -0.4 is 5.32 Å². The van der Waals surface area contributed by atoms with Gasteiger partial charge in [0.2, 0.25) is 0 Å². The first-order valence-corrected chi connectivity index (χ1v) is 9.05. The largest absolute Gasteiger partial charge is 0.365 e. The quantitative estimate of drug-likeness (QED) is 0.803. The van der Waals surface area contributed by atoms with Gasteiger partial charge in [-0.15, -0.1) is 4.59 Å². The molecule has 5 heteroatoms. The highest BCUT2D eigenvalue weighted by molar-refractivity contribution is 6.12. The number of rotatable bonds is 6. The second-order valence-corrected chi connectivity index (χ2v) is 6.72. The number of hydrogen-bond acceptors (Lipinski definition) is 3. The van der Waals surface area contributed by atoms with E-state index in [2.05, 4.69) is 5.32 Å². The van der Waals surface area contributed by atoms with E-state index < -0.39 is 0 Å². The first-order valence-electron chi connectivity index (χ1n) is 9.05. The third-order valence-corrected chi connectivity index (χ3v) is 4.89. The molecule has 2 atom stereocenters. The van der Waals surface area contributed by atoms with Gasteiger partial charge in [-0.05, 0) is 18.6 Å². The molecule has 138 valence electrons. The summed E-state index contributed by atoms with van der Waals surface area (Å²) in [5, 5.41) is 7.44. The molecule has 0 fully saturated rings. The number of carbonyl (C=O) groups excluding carboxylic acids is 2. The summed E-state index contributed by atoms with van der Waals surface area (Å²) in [4.78, 5) is 25.2.